The molecule has 1 fully saturated rings. The smallest absolute Gasteiger partial charge is 0.165 e. The normalized spacial score (nSPS) is 16.1. The molecule has 0 unspecified atom stereocenters. The van der Waals surface area contributed by atoms with Gasteiger partial charge in [-0.25, -0.2) is 9.97 Å². The van der Waals surface area contributed by atoms with Gasteiger partial charge in [-0.3, -0.25) is 0 Å². The van der Waals surface area contributed by atoms with Gasteiger partial charge in [0.2, 0.25) is 0 Å². The van der Waals surface area contributed by atoms with E-state index in [0.29, 0.717) is 17.6 Å². The summed E-state index contributed by atoms with van der Waals surface area (Å²) in [7, 11) is 0. The summed E-state index contributed by atoms with van der Waals surface area (Å²) in [4.78, 5) is 9.17. The summed E-state index contributed by atoms with van der Waals surface area (Å²) in [5, 5.41) is 0. The number of rotatable bonds is 2. The molecule has 0 bridgehead atoms. The zero-order valence-corrected chi connectivity index (χ0v) is 13.0. The van der Waals surface area contributed by atoms with Gasteiger partial charge in [0.25, 0.3) is 0 Å². The fraction of sp³-hybridized carbons (Fsp3) is 0.429. The lowest BCUT2D eigenvalue weighted by Gasteiger charge is -2.13. The molecule has 5 heteroatoms. The molecule has 4 nitrogen and oxygen atoms in total. The van der Waals surface area contributed by atoms with Crippen LogP contribution in [0.15, 0.2) is 16.7 Å². The third-order valence-corrected chi connectivity index (χ3v) is 4.85. The second kappa shape index (κ2) is 5.11. The van der Waals surface area contributed by atoms with E-state index < -0.39 is 0 Å². The molecule has 2 aromatic rings. The molecule has 0 aromatic carbocycles. The standard InChI is InChI=1S/C14H16IN3O/c1-8-10(6-7-19-8)14-17-12(9-4-2-3-5-9)11(15)13(16)18-14/h6-7,9H,2-5H2,1H3,(H2,16,17,18). The van der Waals surface area contributed by atoms with Crippen LogP contribution in [0, 0.1) is 10.5 Å². The molecule has 0 aliphatic heterocycles. The van der Waals surface area contributed by atoms with Crippen molar-refractivity contribution in [2.24, 2.45) is 0 Å². The zero-order chi connectivity index (χ0) is 13.4. The highest BCUT2D eigenvalue weighted by atomic mass is 127. The summed E-state index contributed by atoms with van der Waals surface area (Å²) >= 11 is 2.26. The number of nitrogens with zero attached hydrogens (tertiary/aromatic N) is 2. The number of hydrogen-bond acceptors (Lipinski definition) is 4. The van der Waals surface area contributed by atoms with Gasteiger partial charge in [0.05, 0.1) is 21.1 Å². The molecular weight excluding hydrogens is 353 g/mol. The van der Waals surface area contributed by atoms with Crippen molar-refractivity contribution in [3.63, 3.8) is 0 Å². The maximum Gasteiger partial charge on any atom is 0.165 e. The third-order valence-electron chi connectivity index (χ3n) is 3.74. The van der Waals surface area contributed by atoms with Crippen LogP contribution in [0.1, 0.15) is 43.1 Å². The Bertz CT molecular complexity index is 603. The fourth-order valence-electron chi connectivity index (χ4n) is 2.69. The number of nitrogen functional groups attached to an aromatic ring is 1. The van der Waals surface area contributed by atoms with E-state index in [1.807, 2.05) is 13.0 Å². The summed E-state index contributed by atoms with van der Waals surface area (Å²) in [6.07, 6.45) is 6.64. The Morgan fingerprint density at radius 3 is 2.68 bits per heavy atom. The molecule has 0 amide bonds. The average molecular weight is 369 g/mol. The van der Waals surface area contributed by atoms with E-state index in [1.54, 1.807) is 6.26 Å². The van der Waals surface area contributed by atoms with Crippen LogP contribution in [0.3, 0.4) is 0 Å². The van der Waals surface area contributed by atoms with Gasteiger partial charge in [0.1, 0.15) is 11.6 Å². The molecule has 1 aliphatic carbocycles. The summed E-state index contributed by atoms with van der Waals surface area (Å²) in [5.41, 5.74) is 8.10. The Morgan fingerprint density at radius 2 is 2.05 bits per heavy atom. The molecule has 0 saturated heterocycles. The maximum atomic E-state index is 6.06. The molecule has 0 atom stereocenters. The molecule has 2 heterocycles. The number of aromatic nitrogens is 2. The maximum absolute atomic E-state index is 6.06. The number of anilines is 1. The number of halogens is 1. The van der Waals surface area contributed by atoms with Crippen LogP contribution in [-0.2, 0) is 0 Å². The highest BCUT2D eigenvalue weighted by Gasteiger charge is 2.24. The fourth-order valence-corrected chi connectivity index (χ4v) is 3.37. The minimum Gasteiger partial charge on any atom is -0.469 e. The minimum absolute atomic E-state index is 0.531. The van der Waals surface area contributed by atoms with Crippen LogP contribution in [0.4, 0.5) is 5.82 Å². The van der Waals surface area contributed by atoms with Crippen LogP contribution in [0.25, 0.3) is 11.4 Å². The lowest BCUT2D eigenvalue weighted by Crippen LogP contribution is -2.08. The molecule has 1 aliphatic rings. The lowest BCUT2D eigenvalue weighted by molar-refractivity contribution is 0.535. The van der Waals surface area contributed by atoms with E-state index in [-0.39, 0.29) is 0 Å². The van der Waals surface area contributed by atoms with E-state index >= 15 is 0 Å². The highest BCUT2D eigenvalue weighted by molar-refractivity contribution is 14.1. The van der Waals surface area contributed by atoms with Gasteiger partial charge < -0.3 is 10.2 Å². The van der Waals surface area contributed by atoms with Crippen LogP contribution in [-0.4, -0.2) is 9.97 Å². The average Bonchev–Trinajstić information content (AvgIpc) is 3.03. The van der Waals surface area contributed by atoms with Gasteiger partial charge in [-0.15, -0.1) is 0 Å². The Labute approximate surface area is 126 Å². The van der Waals surface area contributed by atoms with Crippen LogP contribution in [0.5, 0.6) is 0 Å². The van der Waals surface area contributed by atoms with Crippen molar-refractivity contribution in [2.45, 2.75) is 38.5 Å². The van der Waals surface area contributed by atoms with E-state index in [4.69, 9.17) is 15.1 Å². The van der Waals surface area contributed by atoms with Crippen molar-refractivity contribution in [2.75, 3.05) is 5.73 Å². The molecule has 2 N–H and O–H groups in total. The molecule has 19 heavy (non-hydrogen) atoms. The number of hydrogen-bond donors (Lipinski definition) is 1. The molecule has 0 spiro atoms. The predicted octanol–water partition coefficient (Wildman–Crippen LogP) is 3.89. The van der Waals surface area contributed by atoms with Gasteiger partial charge in [-0.2, -0.15) is 0 Å². The Hall–Kier alpha value is -1.11. The van der Waals surface area contributed by atoms with Gasteiger partial charge in [-0.05, 0) is 48.4 Å². The predicted molar refractivity (Wildman–Crippen MR) is 82.8 cm³/mol. The third kappa shape index (κ3) is 2.35. The zero-order valence-electron chi connectivity index (χ0n) is 10.8. The largest absolute Gasteiger partial charge is 0.469 e. The van der Waals surface area contributed by atoms with Gasteiger partial charge in [0.15, 0.2) is 5.82 Å². The first kappa shape index (κ1) is 12.9. The monoisotopic (exact) mass is 369 g/mol. The molecule has 100 valence electrons. The Kier molecular flexibility index (Phi) is 3.47. The summed E-state index contributed by atoms with van der Waals surface area (Å²) < 4.78 is 6.34. The second-order valence-electron chi connectivity index (χ2n) is 5.00. The van der Waals surface area contributed by atoms with E-state index in [9.17, 15) is 0 Å². The first-order chi connectivity index (χ1) is 9.16. The van der Waals surface area contributed by atoms with Gasteiger partial charge in [-0.1, -0.05) is 12.8 Å². The highest BCUT2D eigenvalue weighted by Crippen LogP contribution is 2.37. The molecule has 1 saturated carbocycles. The number of furan rings is 1. The number of aryl methyl sites for hydroxylation is 1. The first-order valence-corrected chi connectivity index (χ1v) is 7.62. The second-order valence-corrected chi connectivity index (χ2v) is 6.08. The van der Waals surface area contributed by atoms with Crippen molar-refractivity contribution >= 4 is 28.4 Å². The summed E-state index contributed by atoms with van der Waals surface area (Å²) in [5.74, 6) is 2.63. The lowest BCUT2D eigenvalue weighted by atomic mass is 10.0. The Balaban J connectivity index is 2.10. The van der Waals surface area contributed by atoms with Crippen LogP contribution in [0.2, 0.25) is 0 Å². The molecule has 0 radical (unpaired) electrons. The van der Waals surface area contributed by atoms with Crippen molar-refractivity contribution in [3.8, 4) is 11.4 Å². The van der Waals surface area contributed by atoms with E-state index in [1.165, 1.54) is 25.7 Å². The van der Waals surface area contributed by atoms with Gasteiger partial charge in [0, 0.05) is 5.92 Å². The van der Waals surface area contributed by atoms with Crippen LogP contribution < -0.4 is 5.73 Å². The van der Waals surface area contributed by atoms with Crippen molar-refractivity contribution in [1.82, 2.24) is 9.97 Å². The SMILES string of the molecule is Cc1occc1-c1nc(N)c(I)c(C2CCCC2)n1. The Morgan fingerprint density at radius 1 is 1.32 bits per heavy atom. The summed E-state index contributed by atoms with van der Waals surface area (Å²) in [6.45, 7) is 1.92. The summed E-state index contributed by atoms with van der Waals surface area (Å²) in [6, 6.07) is 1.90. The first-order valence-electron chi connectivity index (χ1n) is 6.54. The van der Waals surface area contributed by atoms with Crippen molar-refractivity contribution in [3.05, 3.63) is 27.4 Å². The quantitative estimate of drug-likeness (QED) is 0.816. The van der Waals surface area contributed by atoms with Crippen molar-refractivity contribution < 1.29 is 4.42 Å². The van der Waals surface area contributed by atoms with Crippen molar-refractivity contribution in [1.29, 1.82) is 0 Å². The van der Waals surface area contributed by atoms with Gasteiger partial charge >= 0.3 is 0 Å². The van der Waals surface area contributed by atoms with E-state index in [0.717, 1.165) is 20.6 Å². The number of nitrogens with two attached hydrogens (primary N) is 1. The van der Waals surface area contributed by atoms with E-state index in [2.05, 4.69) is 27.6 Å². The minimum atomic E-state index is 0.531. The molecule has 3 rings (SSSR count). The topological polar surface area (TPSA) is 64.9 Å². The van der Waals surface area contributed by atoms with Crippen LogP contribution >= 0.6 is 22.6 Å². The molecule has 2 aromatic heterocycles. The molecular formula is C14H16IN3O.